The van der Waals surface area contributed by atoms with Gasteiger partial charge in [0.05, 0.1) is 12.8 Å². The standard InChI is InChI=1S/C16H19NO5/c1-9(14(19)21-5)17-12-8-11(10(2)18)6-7-13(12)22-16(3,4)15(17)20/h6-9H,1-5H3. The molecule has 1 aliphatic rings. The molecule has 0 saturated carbocycles. The summed E-state index contributed by atoms with van der Waals surface area (Å²) in [4.78, 5) is 37.4. The van der Waals surface area contributed by atoms with Gasteiger partial charge in [-0.3, -0.25) is 14.5 Å². The second-order valence-electron chi connectivity index (χ2n) is 5.73. The zero-order valence-corrected chi connectivity index (χ0v) is 13.3. The van der Waals surface area contributed by atoms with E-state index in [0.717, 1.165) is 0 Å². The van der Waals surface area contributed by atoms with Crippen molar-refractivity contribution in [3.63, 3.8) is 0 Å². The zero-order chi connectivity index (χ0) is 16.7. The van der Waals surface area contributed by atoms with E-state index in [2.05, 4.69) is 0 Å². The van der Waals surface area contributed by atoms with Crippen LogP contribution in [0.3, 0.4) is 0 Å². The lowest BCUT2D eigenvalue weighted by molar-refractivity contribution is -0.145. The Morgan fingerprint density at radius 2 is 1.95 bits per heavy atom. The molecule has 0 fully saturated rings. The Bertz CT molecular complexity index is 650. The smallest absolute Gasteiger partial charge is 0.328 e. The number of nitrogens with zero attached hydrogens (tertiary/aromatic N) is 1. The predicted molar refractivity (Wildman–Crippen MR) is 80.1 cm³/mol. The Morgan fingerprint density at radius 1 is 1.32 bits per heavy atom. The lowest BCUT2D eigenvalue weighted by Gasteiger charge is -2.40. The van der Waals surface area contributed by atoms with Gasteiger partial charge in [-0.05, 0) is 45.9 Å². The molecular formula is C16H19NO5. The van der Waals surface area contributed by atoms with E-state index >= 15 is 0 Å². The molecule has 1 aromatic carbocycles. The largest absolute Gasteiger partial charge is 0.476 e. The molecular weight excluding hydrogens is 286 g/mol. The summed E-state index contributed by atoms with van der Waals surface area (Å²) in [5.74, 6) is -0.583. The van der Waals surface area contributed by atoms with E-state index in [9.17, 15) is 14.4 Å². The lowest BCUT2D eigenvalue weighted by atomic mass is 10.00. The van der Waals surface area contributed by atoms with Gasteiger partial charge in [0, 0.05) is 5.56 Å². The van der Waals surface area contributed by atoms with Gasteiger partial charge >= 0.3 is 5.97 Å². The van der Waals surface area contributed by atoms with Crippen LogP contribution >= 0.6 is 0 Å². The van der Waals surface area contributed by atoms with E-state index in [0.29, 0.717) is 17.0 Å². The highest BCUT2D eigenvalue weighted by molar-refractivity contribution is 6.07. The number of carbonyl (C=O) groups excluding carboxylic acids is 3. The lowest BCUT2D eigenvalue weighted by Crippen LogP contribution is -2.57. The molecule has 1 unspecified atom stereocenters. The minimum Gasteiger partial charge on any atom is -0.476 e. The van der Waals surface area contributed by atoms with Crippen molar-refractivity contribution in [2.45, 2.75) is 39.3 Å². The highest BCUT2D eigenvalue weighted by atomic mass is 16.5. The van der Waals surface area contributed by atoms with Gasteiger partial charge < -0.3 is 9.47 Å². The van der Waals surface area contributed by atoms with Gasteiger partial charge in [-0.15, -0.1) is 0 Å². The molecule has 1 aliphatic heterocycles. The van der Waals surface area contributed by atoms with Gasteiger partial charge in [-0.2, -0.15) is 0 Å². The number of Topliss-reactive ketones (excluding diaryl/α,β-unsaturated/α-hetero) is 1. The Morgan fingerprint density at radius 3 is 2.50 bits per heavy atom. The number of benzene rings is 1. The summed E-state index contributed by atoms with van der Waals surface area (Å²) in [7, 11) is 1.27. The first-order valence-electron chi connectivity index (χ1n) is 6.94. The first-order chi connectivity index (χ1) is 10.2. The number of carbonyl (C=O) groups is 3. The van der Waals surface area contributed by atoms with Crippen LogP contribution in [0.4, 0.5) is 5.69 Å². The van der Waals surface area contributed by atoms with Gasteiger partial charge in [0.1, 0.15) is 11.8 Å². The number of fused-ring (bicyclic) bond motifs is 1. The monoisotopic (exact) mass is 305 g/mol. The Hall–Kier alpha value is -2.37. The van der Waals surface area contributed by atoms with E-state index in [1.165, 1.54) is 18.9 Å². The summed E-state index contributed by atoms with van der Waals surface area (Å²) < 4.78 is 10.4. The van der Waals surface area contributed by atoms with E-state index in [1.54, 1.807) is 39.0 Å². The van der Waals surface area contributed by atoms with Crippen LogP contribution in [0.2, 0.25) is 0 Å². The second-order valence-corrected chi connectivity index (χ2v) is 5.73. The first-order valence-corrected chi connectivity index (χ1v) is 6.94. The fraction of sp³-hybridized carbons (Fsp3) is 0.438. The minimum atomic E-state index is -1.10. The first kappa shape index (κ1) is 16.0. The van der Waals surface area contributed by atoms with Crippen molar-refractivity contribution in [3.05, 3.63) is 23.8 Å². The molecule has 1 heterocycles. The molecule has 0 saturated heterocycles. The molecule has 1 amide bonds. The van der Waals surface area contributed by atoms with Crippen LogP contribution in [0.25, 0.3) is 0 Å². The molecule has 0 aliphatic carbocycles. The number of ketones is 1. The molecule has 0 spiro atoms. The van der Waals surface area contributed by atoms with Crippen LogP contribution in [0.15, 0.2) is 18.2 Å². The molecule has 6 nitrogen and oxygen atoms in total. The second kappa shape index (κ2) is 5.44. The summed E-state index contributed by atoms with van der Waals surface area (Å²) in [6, 6.07) is 4.01. The Balaban J connectivity index is 2.60. The third-order valence-corrected chi connectivity index (χ3v) is 3.65. The summed E-state index contributed by atoms with van der Waals surface area (Å²) in [5.41, 5.74) is -0.264. The van der Waals surface area contributed by atoms with E-state index in [-0.39, 0.29) is 11.7 Å². The predicted octanol–water partition coefficient (Wildman–Crippen LogP) is 1.95. The fourth-order valence-electron chi connectivity index (χ4n) is 2.39. The maximum Gasteiger partial charge on any atom is 0.328 e. The van der Waals surface area contributed by atoms with Crippen molar-refractivity contribution < 1.29 is 23.9 Å². The molecule has 118 valence electrons. The average molecular weight is 305 g/mol. The summed E-state index contributed by atoms with van der Waals surface area (Å²) in [6.07, 6.45) is 0. The quantitative estimate of drug-likeness (QED) is 0.630. The maximum atomic E-state index is 12.7. The van der Waals surface area contributed by atoms with Crippen LogP contribution in [0, 0.1) is 0 Å². The summed E-state index contributed by atoms with van der Waals surface area (Å²) in [6.45, 7) is 6.28. The normalized spacial score (nSPS) is 17.3. The molecule has 0 bridgehead atoms. The molecule has 0 N–H and O–H groups in total. The zero-order valence-electron chi connectivity index (χ0n) is 13.3. The molecule has 22 heavy (non-hydrogen) atoms. The minimum absolute atomic E-state index is 0.134. The Kier molecular flexibility index (Phi) is 3.96. The van der Waals surface area contributed by atoms with E-state index < -0.39 is 17.6 Å². The molecule has 2 rings (SSSR count). The molecule has 0 radical (unpaired) electrons. The van der Waals surface area contributed by atoms with Crippen molar-refractivity contribution in [1.29, 1.82) is 0 Å². The van der Waals surface area contributed by atoms with Crippen molar-refractivity contribution in [3.8, 4) is 5.75 Å². The SMILES string of the molecule is COC(=O)C(C)N1C(=O)C(C)(C)Oc2ccc(C(C)=O)cc21. The average Bonchev–Trinajstić information content (AvgIpc) is 2.46. The van der Waals surface area contributed by atoms with Gasteiger partial charge in [0.15, 0.2) is 11.4 Å². The van der Waals surface area contributed by atoms with E-state index in [4.69, 9.17) is 9.47 Å². The number of methoxy groups -OCH3 is 1. The number of hydrogen-bond donors (Lipinski definition) is 0. The van der Waals surface area contributed by atoms with Gasteiger partial charge in [0.25, 0.3) is 5.91 Å². The van der Waals surface area contributed by atoms with Crippen LogP contribution in [0.5, 0.6) is 5.75 Å². The van der Waals surface area contributed by atoms with Gasteiger partial charge in [-0.1, -0.05) is 0 Å². The third-order valence-electron chi connectivity index (χ3n) is 3.65. The van der Waals surface area contributed by atoms with Crippen molar-refractivity contribution in [2.24, 2.45) is 0 Å². The topological polar surface area (TPSA) is 72.9 Å². The number of rotatable bonds is 3. The van der Waals surface area contributed by atoms with Crippen LogP contribution < -0.4 is 9.64 Å². The van der Waals surface area contributed by atoms with Gasteiger partial charge in [0.2, 0.25) is 0 Å². The fourth-order valence-corrected chi connectivity index (χ4v) is 2.39. The van der Waals surface area contributed by atoms with Crippen molar-refractivity contribution in [1.82, 2.24) is 0 Å². The summed E-state index contributed by atoms with van der Waals surface area (Å²) in [5, 5.41) is 0. The molecule has 6 heteroatoms. The van der Waals surface area contributed by atoms with Gasteiger partial charge in [-0.25, -0.2) is 4.79 Å². The number of ether oxygens (including phenoxy) is 2. The van der Waals surface area contributed by atoms with E-state index in [1.807, 2.05) is 0 Å². The maximum absolute atomic E-state index is 12.7. The number of anilines is 1. The third kappa shape index (κ3) is 2.56. The molecule has 0 aromatic heterocycles. The highest BCUT2D eigenvalue weighted by Crippen LogP contribution is 2.39. The number of amides is 1. The molecule has 1 atom stereocenters. The van der Waals surface area contributed by atoms with Crippen LogP contribution in [-0.4, -0.2) is 36.4 Å². The van der Waals surface area contributed by atoms with Crippen molar-refractivity contribution in [2.75, 3.05) is 12.0 Å². The van der Waals surface area contributed by atoms with Crippen molar-refractivity contribution >= 4 is 23.3 Å². The Labute approximate surface area is 129 Å². The van der Waals surface area contributed by atoms with Crippen LogP contribution in [-0.2, 0) is 14.3 Å². The summed E-state index contributed by atoms with van der Waals surface area (Å²) >= 11 is 0. The number of hydrogen-bond acceptors (Lipinski definition) is 5. The number of esters is 1. The molecule has 1 aromatic rings. The van der Waals surface area contributed by atoms with Crippen LogP contribution in [0.1, 0.15) is 38.1 Å². The highest BCUT2D eigenvalue weighted by Gasteiger charge is 2.44.